The smallest absolute Gasteiger partial charge is 0.410 e. The molecular formula is C24H38N8O2. The molecule has 1 amide bonds. The molecule has 0 unspecified atom stereocenters. The fourth-order valence-electron chi connectivity index (χ4n) is 4.91. The third-order valence-electron chi connectivity index (χ3n) is 6.79. The molecule has 0 aliphatic carbocycles. The predicted octanol–water partition coefficient (Wildman–Crippen LogP) is 1.62. The number of piperazine rings is 1. The van der Waals surface area contributed by atoms with E-state index in [4.69, 9.17) is 9.72 Å². The van der Waals surface area contributed by atoms with Gasteiger partial charge in [-0.2, -0.15) is 10.2 Å². The van der Waals surface area contributed by atoms with Crippen LogP contribution < -0.4 is 9.80 Å². The largest absolute Gasteiger partial charge is 0.444 e. The maximum Gasteiger partial charge on any atom is 0.410 e. The zero-order valence-corrected chi connectivity index (χ0v) is 21.2. The molecule has 4 rings (SSSR count). The standard InChI is InChI=1S/C24H38N8O2/c1-18-15-28(5)7-6-8-32(18)22-26-19(14-25)13-21(27-22)31-16-20(17-31)29-9-11-30(12-10-29)23(33)34-24(2,3)4/h13,18,20H,6-12,15-17H2,1-5H3/t18-/m0/s1. The molecule has 186 valence electrons. The number of likely N-dealkylation sites (N-methyl/N-ethyl adjacent to an activating group) is 1. The number of carbonyl (C=O) groups excluding carboxylic acids is 1. The summed E-state index contributed by atoms with van der Waals surface area (Å²) in [6.45, 7) is 15.6. The Bertz CT molecular complexity index is 913. The molecule has 0 N–H and O–H groups in total. The number of aromatic nitrogens is 2. The number of nitrogens with zero attached hydrogens (tertiary/aromatic N) is 8. The highest BCUT2D eigenvalue weighted by molar-refractivity contribution is 5.68. The Morgan fingerprint density at radius 2 is 1.79 bits per heavy atom. The second-order valence-corrected chi connectivity index (χ2v) is 10.7. The second-order valence-electron chi connectivity index (χ2n) is 10.7. The van der Waals surface area contributed by atoms with E-state index in [0.29, 0.717) is 36.8 Å². The van der Waals surface area contributed by atoms with Gasteiger partial charge in [0, 0.05) is 70.5 Å². The summed E-state index contributed by atoms with van der Waals surface area (Å²) < 4.78 is 5.51. The van der Waals surface area contributed by atoms with E-state index in [0.717, 1.165) is 58.1 Å². The number of anilines is 2. The highest BCUT2D eigenvalue weighted by Gasteiger charge is 2.36. The summed E-state index contributed by atoms with van der Waals surface area (Å²) in [5.41, 5.74) is -0.0539. The van der Waals surface area contributed by atoms with Crippen LogP contribution in [0.3, 0.4) is 0 Å². The van der Waals surface area contributed by atoms with E-state index in [1.54, 1.807) is 11.0 Å². The molecule has 1 atom stereocenters. The van der Waals surface area contributed by atoms with Gasteiger partial charge in [-0.15, -0.1) is 0 Å². The normalized spacial score (nSPS) is 23.3. The van der Waals surface area contributed by atoms with Gasteiger partial charge in [-0.25, -0.2) is 9.78 Å². The fraction of sp³-hybridized carbons (Fsp3) is 0.750. The van der Waals surface area contributed by atoms with Crippen LogP contribution in [0.1, 0.15) is 39.8 Å². The van der Waals surface area contributed by atoms with Crippen molar-refractivity contribution < 1.29 is 9.53 Å². The Morgan fingerprint density at radius 3 is 2.44 bits per heavy atom. The van der Waals surface area contributed by atoms with Gasteiger partial charge in [0.1, 0.15) is 23.2 Å². The molecule has 0 aromatic carbocycles. The molecule has 3 saturated heterocycles. The lowest BCUT2D eigenvalue weighted by Crippen LogP contribution is -2.64. The van der Waals surface area contributed by atoms with Crippen molar-refractivity contribution in [3.63, 3.8) is 0 Å². The number of ether oxygens (including phenoxy) is 1. The molecule has 3 aliphatic heterocycles. The van der Waals surface area contributed by atoms with Gasteiger partial charge in [0.25, 0.3) is 0 Å². The minimum atomic E-state index is -0.470. The van der Waals surface area contributed by atoms with Crippen LogP contribution in [0.4, 0.5) is 16.6 Å². The van der Waals surface area contributed by atoms with Gasteiger partial charge in [0.05, 0.1) is 0 Å². The first-order valence-electron chi connectivity index (χ1n) is 12.3. The summed E-state index contributed by atoms with van der Waals surface area (Å²) in [7, 11) is 2.14. The van der Waals surface area contributed by atoms with E-state index in [2.05, 4.69) is 44.6 Å². The number of amides is 1. The van der Waals surface area contributed by atoms with Gasteiger partial charge < -0.3 is 24.3 Å². The minimum Gasteiger partial charge on any atom is -0.444 e. The van der Waals surface area contributed by atoms with Crippen molar-refractivity contribution in [2.45, 2.75) is 51.8 Å². The first-order valence-corrected chi connectivity index (χ1v) is 12.3. The lowest BCUT2D eigenvalue weighted by molar-refractivity contribution is 0.00874. The Kier molecular flexibility index (Phi) is 7.14. The van der Waals surface area contributed by atoms with Crippen LogP contribution in [0.5, 0.6) is 0 Å². The molecule has 10 nitrogen and oxygen atoms in total. The molecule has 34 heavy (non-hydrogen) atoms. The fourth-order valence-corrected chi connectivity index (χ4v) is 4.91. The number of rotatable bonds is 3. The van der Waals surface area contributed by atoms with E-state index >= 15 is 0 Å². The maximum atomic E-state index is 12.3. The van der Waals surface area contributed by atoms with Crippen LogP contribution in [0, 0.1) is 11.3 Å². The zero-order valence-electron chi connectivity index (χ0n) is 21.2. The highest BCUT2D eigenvalue weighted by Crippen LogP contribution is 2.27. The first kappa shape index (κ1) is 24.5. The van der Waals surface area contributed by atoms with Gasteiger partial charge in [0.2, 0.25) is 5.95 Å². The summed E-state index contributed by atoms with van der Waals surface area (Å²) >= 11 is 0. The minimum absolute atomic E-state index is 0.228. The first-order chi connectivity index (χ1) is 16.1. The van der Waals surface area contributed by atoms with E-state index in [1.807, 2.05) is 20.8 Å². The number of hydrogen-bond donors (Lipinski definition) is 0. The number of hydrogen-bond acceptors (Lipinski definition) is 9. The third-order valence-corrected chi connectivity index (χ3v) is 6.79. The Balaban J connectivity index is 1.35. The average molecular weight is 471 g/mol. The summed E-state index contributed by atoms with van der Waals surface area (Å²) in [6, 6.07) is 4.74. The Morgan fingerprint density at radius 1 is 1.09 bits per heavy atom. The molecule has 0 radical (unpaired) electrons. The molecule has 1 aromatic rings. The van der Waals surface area contributed by atoms with Crippen molar-refractivity contribution in [3.8, 4) is 6.07 Å². The zero-order chi connectivity index (χ0) is 24.5. The van der Waals surface area contributed by atoms with Crippen molar-refractivity contribution in [2.75, 3.05) is 75.8 Å². The van der Waals surface area contributed by atoms with Gasteiger partial charge >= 0.3 is 6.09 Å². The highest BCUT2D eigenvalue weighted by atomic mass is 16.6. The molecule has 3 aliphatic rings. The quantitative estimate of drug-likeness (QED) is 0.653. The van der Waals surface area contributed by atoms with Crippen molar-refractivity contribution in [1.82, 2.24) is 24.7 Å². The van der Waals surface area contributed by atoms with Crippen molar-refractivity contribution in [2.24, 2.45) is 0 Å². The monoisotopic (exact) mass is 470 g/mol. The molecule has 10 heteroatoms. The summed E-state index contributed by atoms with van der Waals surface area (Å²) in [4.78, 5) is 32.8. The number of carbonyl (C=O) groups is 1. The Labute approximate surface area is 203 Å². The molecule has 3 fully saturated rings. The van der Waals surface area contributed by atoms with Crippen molar-refractivity contribution >= 4 is 17.9 Å². The van der Waals surface area contributed by atoms with Crippen LogP contribution >= 0.6 is 0 Å². The van der Waals surface area contributed by atoms with Gasteiger partial charge in [-0.05, 0) is 47.7 Å². The topological polar surface area (TPSA) is 92.1 Å². The van der Waals surface area contributed by atoms with Gasteiger partial charge in [0.15, 0.2) is 0 Å². The molecule has 0 saturated carbocycles. The maximum absolute atomic E-state index is 12.3. The van der Waals surface area contributed by atoms with E-state index in [1.165, 1.54) is 0 Å². The summed E-state index contributed by atoms with van der Waals surface area (Å²) in [5.74, 6) is 1.49. The lowest BCUT2D eigenvalue weighted by Gasteiger charge is -2.48. The molecular weight excluding hydrogens is 432 g/mol. The molecule has 0 spiro atoms. The van der Waals surface area contributed by atoms with Crippen molar-refractivity contribution in [1.29, 1.82) is 5.26 Å². The lowest BCUT2D eigenvalue weighted by atomic mass is 10.1. The van der Waals surface area contributed by atoms with Crippen LogP contribution in [-0.4, -0.2) is 114 Å². The average Bonchev–Trinajstić information content (AvgIpc) is 2.91. The molecule has 4 heterocycles. The summed E-state index contributed by atoms with van der Waals surface area (Å²) in [6.07, 6.45) is 0.825. The van der Waals surface area contributed by atoms with Crippen LogP contribution in [0.2, 0.25) is 0 Å². The second kappa shape index (κ2) is 9.92. The predicted molar refractivity (Wildman–Crippen MR) is 131 cm³/mol. The van der Waals surface area contributed by atoms with E-state index in [-0.39, 0.29) is 6.09 Å². The number of nitriles is 1. The van der Waals surface area contributed by atoms with Crippen molar-refractivity contribution in [3.05, 3.63) is 11.8 Å². The van der Waals surface area contributed by atoms with Crippen LogP contribution in [-0.2, 0) is 4.74 Å². The Hall–Kier alpha value is -2.64. The van der Waals surface area contributed by atoms with E-state index < -0.39 is 5.60 Å². The van der Waals surface area contributed by atoms with E-state index in [9.17, 15) is 10.1 Å². The van der Waals surface area contributed by atoms with Gasteiger partial charge in [-0.3, -0.25) is 4.90 Å². The third kappa shape index (κ3) is 5.70. The molecule has 0 bridgehead atoms. The summed E-state index contributed by atoms with van der Waals surface area (Å²) in [5, 5.41) is 9.58. The van der Waals surface area contributed by atoms with Crippen LogP contribution in [0.15, 0.2) is 6.07 Å². The van der Waals surface area contributed by atoms with Crippen LogP contribution in [0.25, 0.3) is 0 Å². The molecule has 1 aromatic heterocycles. The SMILES string of the molecule is C[C@H]1CN(C)CCCN1c1nc(C#N)cc(N2CC(N3CCN(C(=O)OC(C)(C)C)CC3)C2)n1. The van der Waals surface area contributed by atoms with Gasteiger partial charge in [-0.1, -0.05) is 0 Å².